The molecule has 1 aromatic heterocycles. The predicted molar refractivity (Wildman–Crippen MR) is 67.7 cm³/mol. The molecule has 0 aliphatic carbocycles. The fourth-order valence-electron chi connectivity index (χ4n) is 1.56. The fraction of sp³-hybridized carbons (Fsp3) is 0.143. The summed E-state index contributed by atoms with van der Waals surface area (Å²) in [6, 6.07) is 9.82. The zero-order valence-electron chi connectivity index (χ0n) is 9.98. The van der Waals surface area contributed by atoms with Crippen molar-refractivity contribution in [3.63, 3.8) is 0 Å². The molecular formula is C14H13FN2O. The molecule has 92 valence electrons. The maximum absolute atomic E-state index is 13.3. The Balaban J connectivity index is 2.01. The lowest BCUT2D eigenvalue weighted by Crippen LogP contribution is -2.15. The molecule has 18 heavy (non-hydrogen) atoms. The first-order chi connectivity index (χ1) is 8.65. The van der Waals surface area contributed by atoms with E-state index in [2.05, 4.69) is 10.3 Å². The SMILES string of the molecule is Cc1ccc(NC(=O)Cc2ccccc2F)cn1. The monoisotopic (exact) mass is 244 g/mol. The number of anilines is 1. The van der Waals surface area contributed by atoms with Gasteiger partial charge in [0, 0.05) is 5.69 Å². The lowest BCUT2D eigenvalue weighted by atomic mass is 10.1. The molecule has 0 radical (unpaired) electrons. The van der Waals surface area contributed by atoms with Crippen LogP contribution < -0.4 is 5.32 Å². The average Bonchev–Trinajstić information content (AvgIpc) is 2.35. The molecular weight excluding hydrogens is 231 g/mol. The number of hydrogen-bond donors (Lipinski definition) is 1. The van der Waals surface area contributed by atoms with Gasteiger partial charge in [-0.15, -0.1) is 0 Å². The minimum atomic E-state index is -0.366. The summed E-state index contributed by atoms with van der Waals surface area (Å²) in [6.45, 7) is 1.87. The van der Waals surface area contributed by atoms with Gasteiger partial charge in [-0.3, -0.25) is 9.78 Å². The van der Waals surface area contributed by atoms with E-state index in [1.165, 1.54) is 6.07 Å². The third-order valence-electron chi connectivity index (χ3n) is 2.50. The Morgan fingerprint density at radius 3 is 2.72 bits per heavy atom. The summed E-state index contributed by atoms with van der Waals surface area (Å²) in [6.07, 6.45) is 1.59. The van der Waals surface area contributed by atoms with E-state index in [9.17, 15) is 9.18 Å². The van der Waals surface area contributed by atoms with Crippen LogP contribution in [0.2, 0.25) is 0 Å². The highest BCUT2D eigenvalue weighted by Crippen LogP contribution is 2.10. The van der Waals surface area contributed by atoms with Gasteiger partial charge in [0.1, 0.15) is 5.82 Å². The van der Waals surface area contributed by atoms with E-state index < -0.39 is 0 Å². The Bertz CT molecular complexity index is 552. The molecule has 0 fully saturated rings. The van der Waals surface area contributed by atoms with E-state index in [1.54, 1.807) is 36.5 Å². The van der Waals surface area contributed by atoms with Gasteiger partial charge in [-0.2, -0.15) is 0 Å². The molecule has 0 aliphatic heterocycles. The third-order valence-corrected chi connectivity index (χ3v) is 2.50. The minimum absolute atomic E-state index is 0.0144. The van der Waals surface area contributed by atoms with Crippen LogP contribution in [0.25, 0.3) is 0 Å². The average molecular weight is 244 g/mol. The smallest absolute Gasteiger partial charge is 0.228 e. The summed E-state index contributed by atoms with van der Waals surface area (Å²) in [5.74, 6) is -0.625. The van der Waals surface area contributed by atoms with Crippen LogP contribution in [-0.4, -0.2) is 10.9 Å². The van der Waals surface area contributed by atoms with Gasteiger partial charge < -0.3 is 5.32 Å². The Kier molecular flexibility index (Phi) is 3.67. The largest absolute Gasteiger partial charge is 0.324 e. The number of nitrogens with one attached hydrogen (secondary N) is 1. The van der Waals surface area contributed by atoms with Gasteiger partial charge in [-0.05, 0) is 30.7 Å². The van der Waals surface area contributed by atoms with Gasteiger partial charge in [0.05, 0.1) is 18.3 Å². The number of halogens is 1. The van der Waals surface area contributed by atoms with Crippen LogP contribution in [0.1, 0.15) is 11.3 Å². The zero-order chi connectivity index (χ0) is 13.0. The summed E-state index contributed by atoms with van der Waals surface area (Å²) in [4.78, 5) is 15.8. The van der Waals surface area contributed by atoms with Crippen LogP contribution in [0.3, 0.4) is 0 Å². The van der Waals surface area contributed by atoms with Crippen molar-refractivity contribution in [3.8, 4) is 0 Å². The number of benzene rings is 1. The van der Waals surface area contributed by atoms with E-state index in [-0.39, 0.29) is 18.1 Å². The van der Waals surface area contributed by atoms with Crippen LogP contribution in [-0.2, 0) is 11.2 Å². The number of pyridine rings is 1. The second kappa shape index (κ2) is 5.40. The number of carbonyl (C=O) groups is 1. The Labute approximate surface area is 105 Å². The summed E-state index contributed by atoms with van der Waals surface area (Å²) in [5, 5.41) is 2.68. The van der Waals surface area contributed by atoms with Crippen LogP contribution in [0.4, 0.5) is 10.1 Å². The van der Waals surface area contributed by atoms with Gasteiger partial charge in [0.2, 0.25) is 5.91 Å². The van der Waals surface area contributed by atoms with E-state index in [4.69, 9.17) is 0 Å². The normalized spacial score (nSPS) is 10.1. The molecule has 3 nitrogen and oxygen atoms in total. The number of amides is 1. The Morgan fingerprint density at radius 2 is 2.06 bits per heavy atom. The maximum atomic E-state index is 13.3. The maximum Gasteiger partial charge on any atom is 0.228 e. The van der Waals surface area contributed by atoms with Crippen molar-refractivity contribution >= 4 is 11.6 Å². The predicted octanol–water partition coefficient (Wildman–Crippen LogP) is 2.71. The highest BCUT2D eigenvalue weighted by atomic mass is 19.1. The van der Waals surface area contributed by atoms with Crippen LogP contribution >= 0.6 is 0 Å². The van der Waals surface area contributed by atoms with Crippen molar-refractivity contribution in [3.05, 3.63) is 59.7 Å². The molecule has 2 rings (SSSR count). The van der Waals surface area contributed by atoms with E-state index in [1.807, 2.05) is 6.92 Å². The summed E-state index contributed by atoms with van der Waals surface area (Å²) in [5.41, 5.74) is 1.87. The molecule has 0 saturated carbocycles. The lowest BCUT2D eigenvalue weighted by molar-refractivity contribution is -0.115. The van der Waals surface area contributed by atoms with Gasteiger partial charge in [-0.1, -0.05) is 18.2 Å². The molecule has 1 N–H and O–H groups in total. The van der Waals surface area contributed by atoms with E-state index in [0.717, 1.165) is 5.69 Å². The zero-order valence-corrected chi connectivity index (χ0v) is 9.98. The third kappa shape index (κ3) is 3.13. The number of aromatic nitrogens is 1. The second-order valence-electron chi connectivity index (χ2n) is 4.00. The summed E-state index contributed by atoms with van der Waals surface area (Å²) >= 11 is 0. The molecule has 2 aromatic rings. The Hall–Kier alpha value is -2.23. The van der Waals surface area contributed by atoms with Crippen molar-refractivity contribution < 1.29 is 9.18 Å². The highest BCUT2D eigenvalue weighted by Gasteiger charge is 2.07. The van der Waals surface area contributed by atoms with Gasteiger partial charge >= 0.3 is 0 Å². The molecule has 0 saturated heterocycles. The molecule has 1 amide bonds. The fourth-order valence-corrected chi connectivity index (χ4v) is 1.56. The summed E-state index contributed by atoms with van der Waals surface area (Å²) in [7, 11) is 0. The second-order valence-corrected chi connectivity index (χ2v) is 4.00. The van der Waals surface area contributed by atoms with Gasteiger partial charge in [-0.25, -0.2) is 4.39 Å². The first kappa shape index (κ1) is 12.2. The van der Waals surface area contributed by atoms with E-state index in [0.29, 0.717) is 11.3 Å². The molecule has 1 heterocycles. The first-order valence-electron chi connectivity index (χ1n) is 5.61. The van der Waals surface area contributed by atoms with Gasteiger partial charge in [0.15, 0.2) is 0 Å². The highest BCUT2D eigenvalue weighted by molar-refractivity contribution is 5.92. The molecule has 0 aliphatic rings. The standard InChI is InChI=1S/C14H13FN2O/c1-10-6-7-12(9-16-10)17-14(18)8-11-4-2-3-5-13(11)15/h2-7,9H,8H2,1H3,(H,17,18). The van der Waals surface area contributed by atoms with Crippen LogP contribution in [0, 0.1) is 12.7 Å². The van der Waals surface area contributed by atoms with E-state index >= 15 is 0 Å². The summed E-state index contributed by atoms with van der Waals surface area (Å²) < 4.78 is 13.3. The van der Waals surface area contributed by atoms with Crippen LogP contribution in [0.5, 0.6) is 0 Å². The Morgan fingerprint density at radius 1 is 1.28 bits per heavy atom. The molecule has 0 spiro atoms. The van der Waals surface area contributed by atoms with Crippen molar-refractivity contribution in [2.45, 2.75) is 13.3 Å². The van der Waals surface area contributed by atoms with Crippen molar-refractivity contribution in [2.75, 3.05) is 5.32 Å². The topological polar surface area (TPSA) is 42.0 Å². The lowest BCUT2D eigenvalue weighted by Gasteiger charge is -2.05. The number of aryl methyl sites for hydroxylation is 1. The van der Waals surface area contributed by atoms with Gasteiger partial charge in [0.25, 0.3) is 0 Å². The number of rotatable bonds is 3. The van der Waals surface area contributed by atoms with Crippen molar-refractivity contribution in [2.24, 2.45) is 0 Å². The molecule has 0 atom stereocenters. The quantitative estimate of drug-likeness (QED) is 0.902. The molecule has 4 heteroatoms. The number of carbonyl (C=O) groups excluding carboxylic acids is 1. The number of hydrogen-bond acceptors (Lipinski definition) is 2. The van der Waals surface area contributed by atoms with Crippen LogP contribution in [0.15, 0.2) is 42.6 Å². The molecule has 1 aromatic carbocycles. The molecule has 0 unspecified atom stereocenters. The first-order valence-corrected chi connectivity index (χ1v) is 5.61. The van der Waals surface area contributed by atoms with Crippen molar-refractivity contribution in [1.82, 2.24) is 4.98 Å². The molecule has 0 bridgehead atoms. The minimum Gasteiger partial charge on any atom is -0.324 e. The van der Waals surface area contributed by atoms with Crippen molar-refractivity contribution in [1.29, 1.82) is 0 Å². The number of nitrogens with zero attached hydrogens (tertiary/aromatic N) is 1.